The predicted molar refractivity (Wildman–Crippen MR) is 81.8 cm³/mol. The van der Waals surface area contributed by atoms with E-state index in [2.05, 4.69) is 10.8 Å². The van der Waals surface area contributed by atoms with Crippen LogP contribution in [-0.4, -0.2) is 16.4 Å². The Morgan fingerprint density at radius 3 is 2.55 bits per heavy atom. The van der Waals surface area contributed by atoms with Crippen LogP contribution < -0.4 is 9.46 Å². The minimum atomic E-state index is -1.18. The normalized spacial score (nSPS) is 14.4. The molecule has 20 heavy (non-hydrogen) atoms. The largest absolute Gasteiger partial charge is 0.598 e. The lowest BCUT2D eigenvalue weighted by Gasteiger charge is -2.28. The summed E-state index contributed by atoms with van der Waals surface area (Å²) in [6.07, 6.45) is 0.757. The molecule has 5 heteroatoms. The quantitative estimate of drug-likeness (QED) is 0.847. The Morgan fingerprint density at radius 2 is 2.10 bits per heavy atom. The zero-order valence-corrected chi connectivity index (χ0v) is 13.5. The van der Waals surface area contributed by atoms with Crippen molar-refractivity contribution in [2.45, 2.75) is 44.9 Å². The fourth-order valence-corrected chi connectivity index (χ4v) is 2.65. The minimum absolute atomic E-state index is 0.113. The average molecular weight is 294 g/mol. The van der Waals surface area contributed by atoms with Crippen LogP contribution in [0.15, 0.2) is 18.2 Å². The molecule has 0 aliphatic heterocycles. The molecule has 1 rings (SSSR count). The Balaban J connectivity index is 3.08. The molecular formula is C15H22N2O2S. The van der Waals surface area contributed by atoms with E-state index in [1.165, 1.54) is 0 Å². The van der Waals surface area contributed by atoms with Crippen LogP contribution >= 0.6 is 0 Å². The minimum Gasteiger partial charge on any atom is -0.598 e. The molecule has 0 saturated heterocycles. The third-order valence-corrected chi connectivity index (χ3v) is 4.56. The van der Waals surface area contributed by atoms with Crippen molar-refractivity contribution in [2.24, 2.45) is 0 Å². The van der Waals surface area contributed by atoms with Crippen LogP contribution in [0, 0.1) is 11.3 Å². The lowest BCUT2D eigenvalue weighted by molar-refractivity contribution is 0.402. The first kappa shape index (κ1) is 16.8. The number of benzene rings is 1. The summed E-state index contributed by atoms with van der Waals surface area (Å²) in [5, 5.41) is 9.02. The van der Waals surface area contributed by atoms with Gasteiger partial charge in [0, 0.05) is 16.9 Å². The summed E-state index contributed by atoms with van der Waals surface area (Å²) < 4.78 is 20.4. The second kappa shape index (κ2) is 6.98. The van der Waals surface area contributed by atoms with Gasteiger partial charge in [-0.25, -0.2) is 0 Å². The summed E-state index contributed by atoms with van der Waals surface area (Å²) >= 11 is -1.18. The summed E-state index contributed by atoms with van der Waals surface area (Å²) in [7, 11) is 1.60. The number of rotatable bonds is 5. The van der Waals surface area contributed by atoms with Crippen LogP contribution in [0.4, 0.5) is 0 Å². The first-order valence-corrected chi connectivity index (χ1v) is 7.74. The van der Waals surface area contributed by atoms with Crippen molar-refractivity contribution in [1.82, 2.24) is 4.72 Å². The lowest BCUT2D eigenvalue weighted by Crippen LogP contribution is -2.41. The maximum Gasteiger partial charge on any atom is 0.136 e. The fourth-order valence-electron chi connectivity index (χ4n) is 1.75. The molecule has 0 fully saturated rings. The van der Waals surface area contributed by atoms with Gasteiger partial charge in [0.15, 0.2) is 0 Å². The number of hydrogen-bond acceptors (Lipinski definition) is 4. The van der Waals surface area contributed by atoms with Crippen molar-refractivity contribution in [1.29, 1.82) is 5.26 Å². The van der Waals surface area contributed by atoms with Crippen molar-refractivity contribution in [3.63, 3.8) is 0 Å². The van der Waals surface area contributed by atoms with E-state index in [0.29, 0.717) is 11.3 Å². The SMILES string of the molecule is CC[C@H](N[S+]([O-])C(C)(C)C)c1cc(C#N)ccc1OC. The Hall–Kier alpha value is -1.22. The predicted octanol–water partition coefficient (Wildman–Crippen LogP) is 3.07. The number of hydrogen-bond donors (Lipinski definition) is 1. The number of nitrogens with zero attached hydrogens (tertiary/aromatic N) is 1. The van der Waals surface area contributed by atoms with E-state index in [0.717, 1.165) is 12.0 Å². The highest BCUT2D eigenvalue weighted by Gasteiger charge is 2.30. The number of nitriles is 1. The van der Waals surface area contributed by atoms with Crippen LogP contribution in [0.25, 0.3) is 0 Å². The summed E-state index contributed by atoms with van der Waals surface area (Å²) in [4.78, 5) is 0. The molecule has 1 aromatic rings. The highest BCUT2D eigenvalue weighted by Crippen LogP contribution is 2.30. The topological polar surface area (TPSA) is 68.1 Å². The van der Waals surface area contributed by atoms with E-state index >= 15 is 0 Å². The molecule has 0 radical (unpaired) electrons. The van der Waals surface area contributed by atoms with Gasteiger partial charge in [-0.05, 0) is 45.4 Å². The third kappa shape index (κ3) is 4.14. The van der Waals surface area contributed by atoms with Crippen LogP contribution in [0.1, 0.15) is 51.3 Å². The molecule has 0 spiro atoms. The zero-order chi connectivity index (χ0) is 15.3. The molecule has 0 aromatic heterocycles. The van der Waals surface area contributed by atoms with Crippen LogP contribution in [0.2, 0.25) is 0 Å². The molecule has 0 bridgehead atoms. The second-order valence-electron chi connectivity index (χ2n) is 5.53. The van der Waals surface area contributed by atoms with Gasteiger partial charge in [0.1, 0.15) is 10.5 Å². The van der Waals surface area contributed by atoms with E-state index in [1.54, 1.807) is 25.3 Å². The van der Waals surface area contributed by atoms with Crippen molar-refractivity contribution in [3.8, 4) is 11.8 Å². The second-order valence-corrected chi connectivity index (χ2v) is 7.53. The standard InChI is InChI=1S/C15H22N2O2S/c1-6-13(17-20(18)15(2,3)4)12-9-11(10-16)7-8-14(12)19-5/h7-9,13,17H,6H2,1-5H3/t13-,20?/m0/s1. The Labute approximate surface area is 124 Å². The molecule has 0 aliphatic rings. The Bertz CT molecular complexity index is 492. The van der Waals surface area contributed by atoms with E-state index in [4.69, 9.17) is 10.00 Å². The van der Waals surface area contributed by atoms with Gasteiger partial charge in [0.05, 0.1) is 24.8 Å². The Morgan fingerprint density at radius 1 is 1.45 bits per heavy atom. The summed E-state index contributed by atoms with van der Waals surface area (Å²) in [6, 6.07) is 7.29. The third-order valence-electron chi connectivity index (χ3n) is 2.95. The van der Waals surface area contributed by atoms with E-state index in [1.807, 2.05) is 27.7 Å². The number of methoxy groups -OCH3 is 1. The molecule has 1 aromatic carbocycles. The van der Waals surface area contributed by atoms with Crippen LogP contribution in [0.3, 0.4) is 0 Å². The van der Waals surface area contributed by atoms with E-state index in [-0.39, 0.29) is 10.8 Å². The van der Waals surface area contributed by atoms with E-state index < -0.39 is 11.4 Å². The highest BCUT2D eigenvalue weighted by molar-refractivity contribution is 7.90. The van der Waals surface area contributed by atoms with Crippen molar-refractivity contribution < 1.29 is 9.29 Å². The van der Waals surface area contributed by atoms with Crippen LogP contribution in [0.5, 0.6) is 5.75 Å². The number of ether oxygens (including phenoxy) is 1. The van der Waals surface area contributed by atoms with Gasteiger partial charge in [0.25, 0.3) is 0 Å². The number of nitrogens with one attached hydrogen (secondary N) is 1. The molecule has 0 heterocycles. The molecule has 0 saturated carbocycles. The van der Waals surface area contributed by atoms with Crippen molar-refractivity contribution in [2.75, 3.05) is 7.11 Å². The molecule has 110 valence electrons. The molecule has 2 atom stereocenters. The fraction of sp³-hybridized carbons (Fsp3) is 0.533. The van der Waals surface area contributed by atoms with Gasteiger partial charge in [-0.2, -0.15) is 5.26 Å². The highest BCUT2D eigenvalue weighted by atomic mass is 32.2. The summed E-state index contributed by atoms with van der Waals surface area (Å²) in [6.45, 7) is 7.78. The molecule has 4 nitrogen and oxygen atoms in total. The molecule has 1 unspecified atom stereocenters. The smallest absolute Gasteiger partial charge is 0.136 e. The summed E-state index contributed by atoms with van der Waals surface area (Å²) in [5.41, 5.74) is 1.44. The average Bonchev–Trinajstić information content (AvgIpc) is 2.42. The molecule has 1 N–H and O–H groups in total. The monoisotopic (exact) mass is 294 g/mol. The van der Waals surface area contributed by atoms with Gasteiger partial charge in [-0.15, -0.1) is 4.72 Å². The van der Waals surface area contributed by atoms with Gasteiger partial charge >= 0.3 is 0 Å². The van der Waals surface area contributed by atoms with Gasteiger partial charge < -0.3 is 9.29 Å². The molecule has 0 amide bonds. The van der Waals surface area contributed by atoms with Gasteiger partial charge in [-0.1, -0.05) is 6.92 Å². The maximum atomic E-state index is 12.3. The molecule has 0 aliphatic carbocycles. The van der Waals surface area contributed by atoms with Crippen molar-refractivity contribution >= 4 is 11.4 Å². The first-order valence-electron chi connectivity index (χ1n) is 6.59. The summed E-state index contributed by atoms with van der Waals surface area (Å²) in [5.74, 6) is 0.703. The first-order chi connectivity index (χ1) is 9.33. The van der Waals surface area contributed by atoms with Gasteiger partial charge in [0.2, 0.25) is 0 Å². The van der Waals surface area contributed by atoms with E-state index in [9.17, 15) is 4.55 Å². The Kier molecular flexibility index (Phi) is 5.88. The maximum absolute atomic E-state index is 12.3. The van der Waals surface area contributed by atoms with Crippen molar-refractivity contribution in [3.05, 3.63) is 29.3 Å². The van der Waals surface area contributed by atoms with Crippen LogP contribution in [-0.2, 0) is 11.4 Å². The molecular weight excluding hydrogens is 272 g/mol. The van der Waals surface area contributed by atoms with Gasteiger partial charge in [-0.3, -0.25) is 0 Å². The zero-order valence-electron chi connectivity index (χ0n) is 12.7. The lowest BCUT2D eigenvalue weighted by atomic mass is 10.0.